The van der Waals surface area contributed by atoms with E-state index >= 15 is 0 Å². The number of hydrogen-bond donors (Lipinski definition) is 0. The molecule has 1 aliphatic heterocycles. The number of likely N-dealkylation sites (N-methyl/N-ethyl adjacent to an activating group) is 1. The standard InChI is InChI=1S/C17H24N4O/c1-3-21(4-2)15-10-11-20(12-15)13-16-18-17(19-22-16)14-8-6-5-7-9-14/h5-9,15H,3-4,10-13H2,1-2H3/t15-/m1/s1. The van der Waals surface area contributed by atoms with Crippen LogP contribution in [0.5, 0.6) is 0 Å². The van der Waals surface area contributed by atoms with E-state index in [1.165, 1.54) is 6.42 Å². The molecule has 3 rings (SSSR count). The lowest BCUT2D eigenvalue weighted by Crippen LogP contribution is -2.37. The highest BCUT2D eigenvalue weighted by Crippen LogP contribution is 2.19. The number of benzene rings is 1. The van der Waals surface area contributed by atoms with Crippen molar-refractivity contribution in [1.82, 2.24) is 19.9 Å². The fraction of sp³-hybridized carbons (Fsp3) is 0.529. The first-order valence-corrected chi connectivity index (χ1v) is 8.14. The van der Waals surface area contributed by atoms with Crippen LogP contribution in [-0.2, 0) is 6.54 Å². The van der Waals surface area contributed by atoms with Gasteiger partial charge in [0, 0.05) is 24.7 Å². The zero-order valence-corrected chi connectivity index (χ0v) is 13.4. The summed E-state index contributed by atoms with van der Waals surface area (Å²) in [4.78, 5) is 9.46. The molecule has 1 aliphatic rings. The minimum absolute atomic E-state index is 0.659. The van der Waals surface area contributed by atoms with Crippen LogP contribution in [0.15, 0.2) is 34.9 Å². The fourth-order valence-corrected chi connectivity index (χ4v) is 3.21. The van der Waals surface area contributed by atoms with Crippen molar-refractivity contribution in [1.29, 1.82) is 0 Å². The van der Waals surface area contributed by atoms with E-state index in [-0.39, 0.29) is 0 Å². The minimum atomic E-state index is 0.659. The number of likely N-dealkylation sites (tertiary alicyclic amines) is 1. The molecule has 0 N–H and O–H groups in total. The van der Waals surface area contributed by atoms with E-state index in [1.807, 2.05) is 30.3 Å². The van der Waals surface area contributed by atoms with E-state index in [1.54, 1.807) is 0 Å². The van der Waals surface area contributed by atoms with Gasteiger partial charge in [0.05, 0.1) is 6.54 Å². The molecule has 5 heteroatoms. The Morgan fingerprint density at radius 2 is 2.00 bits per heavy atom. The lowest BCUT2D eigenvalue weighted by molar-refractivity contribution is 0.201. The molecule has 1 fully saturated rings. The summed E-state index contributed by atoms with van der Waals surface area (Å²) in [6, 6.07) is 10.6. The summed E-state index contributed by atoms with van der Waals surface area (Å²) in [6.45, 7) is 9.64. The Hall–Kier alpha value is -1.72. The van der Waals surface area contributed by atoms with Crippen molar-refractivity contribution in [2.45, 2.75) is 32.9 Å². The van der Waals surface area contributed by atoms with Crippen molar-refractivity contribution in [2.75, 3.05) is 26.2 Å². The summed E-state index contributed by atoms with van der Waals surface area (Å²) in [5.74, 6) is 1.38. The molecule has 0 bridgehead atoms. The smallest absolute Gasteiger partial charge is 0.241 e. The van der Waals surface area contributed by atoms with Crippen molar-refractivity contribution in [2.24, 2.45) is 0 Å². The van der Waals surface area contributed by atoms with Crippen LogP contribution in [0.1, 0.15) is 26.2 Å². The van der Waals surface area contributed by atoms with Crippen molar-refractivity contribution in [3.05, 3.63) is 36.2 Å². The molecule has 5 nitrogen and oxygen atoms in total. The maximum Gasteiger partial charge on any atom is 0.241 e. The second-order valence-electron chi connectivity index (χ2n) is 5.78. The third-order valence-corrected chi connectivity index (χ3v) is 4.44. The Morgan fingerprint density at radius 1 is 1.23 bits per heavy atom. The van der Waals surface area contributed by atoms with Gasteiger partial charge in [-0.3, -0.25) is 9.80 Å². The molecule has 0 unspecified atom stereocenters. The Morgan fingerprint density at radius 3 is 2.73 bits per heavy atom. The first-order chi connectivity index (χ1) is 10.8. The van der Waals surface area contributed by atoms with Gasteiger partial charge in [0.25, 0.3) is 0 Å². The molecule has 1 saturated heterocycles. The predicted molar refractivity (Wildman–Crippen MR) is 86.3 cm³/mol. The van der Waals surface area contributed by atoms with Crippen LogP contribution in [0.2, 0.25) is 0 Å². The van der Waals surface area contributed by atoms with Crippen LogP contribution in [0.3, 0.4) is 0 Å². The molecular formula is C17H24N4O. The van der Waals surface area contributed by atoms with Crippen LogP contribution in [0.4, 0.5) is 0 Å². The van der Waals surface area contributed by atoms with Gasteiger partial charge in [0.2, 0.25) is 11.7 Å². The fourth-order valence-electron chi connectivity index (χ4n) is 3.21. The summed E-state index contributed by atoms with van der Waals surface area (Å²) < 4.78 is 5.41. The highest BCUT2D eigenvalue weighted by molar-refractivity contribution is 5.53. The molecule has 118 valence electrons. The van der Waals surface area contributed by atoms with Gasteiger partial charge in [-0.25, -0.2) is 0 Å². The number of hydrogen-bond acceptors (Lipinski definition) is 5. The number of aromatic nitrogens is 2. The predicted octanol–water partition coefficient (Wildman–Crippen LogP) is 2.65. The molecule has 0 spiro atoms. The SMILES string of the molecule is CCN(CC)[C@@H]1CCN(Cc2nc(-c3ccccc3)no2)C1. The van der Waals surface area contributed by atoms with E-state index in [0.717, 1.165) is 38.3 Å². The van der Waals surface area contributed by atoms with Crippen molar-refractivity contribution in [3.8, 4) is 11.4 Å². The molecule has 0 saturated carbocycles. The number of nitrogens with zero attached hydrogens (tertiary/aromatic N) is 4. The quantitative estimate of drug-likeness (QED) is 0.820. The highest BCUT2D eigenvalue weighted by Gasteiger charge is 2.27. The molecule has 1 aromatic carbocycles. The van der Waals surface area contributed by atoms with Gasteiger partial charge < -0.3 is 4.52 Å². The van der Waals surface area contributed by atoms with Crippen LogP contribution in [-0.4, -0.2) is 52.2 Å². The Labute approximate surface area is 131 Å². The van der Waals surface area contributed by atoms with E-state index in [0.29, 0.717) is 17.8 Å². The first-order valence-electron chi connectivity index (χ1n) is 8.14. The average molecular weight is 300 g/mol. The van der Waals surface area contributed by atoms with E-state index in [9.17, 15) is 0 Å². The minimum Gasteiger partial charge on any atom is -0.338 e. The zero-order valence-electron chi connectivity index (χ0n) is 13.4. The molecule has 0 amide bonds. The van der Waals surface area contributed by atoms with Crippen LogP contribution >= 0.6 is 0 Å². The zero-order chi connectivity index (χ0) is 15.4. The normalized spacial score (nSPS) is 19.1. The molecule has 1 aromatic heterocycles. The van der Waals surface area contributed by atoms with Gasteiger partial charge in [-0.2, -0.15) is 4.98 Å². The molecule has 22 heavy (non-hydrogen) atoms. The average Bonchev–Trinajstić information content (AvgIpc) is 3.20. The molecule has 1 atom stereocenters. The van der Waals surface area contributed by atoms with Gasteiger partial charge >= 0.3 is 0 Å². The Kier molecular flexibility index (Phi) is 4.85. The monoisotopic (exact) mass is 300 g/mol. The lowest BCUT2D eigenvalue weighted by atomic mass is 10.2. The van der Waals surface area contributed by atoms with E-state index in [2.05, 4.69) is 33.8 Å². The third-order valence-electron chi connectivity index (χ3n) is 4.44. The molecule has 2 aromatic rings. The van der Waals surface area contributed by atoms with Crippen molar-refractivity contribution < 1.29 is 4.52 Å². The summed E-state index contributed by atoms with van der Waals surface area (Å²) in [5, 5.41) is 4.09. The largest absolute Gasteiger partial charge is 0.338 e. The Bertz CT molecular complexity index is 579. The molecule has 0 radical (unpaired) electrons. The summed E-state index contributed by atoms with van der Waals surface area (Å²) >= 11 is 0. The first kappa shape index (κ1) is 15.2. The molecular weight excluding hydrogens is 276 g/mol. The second kappa shape index (κ2) is 7.03. The topological polar surface area (TPSA) is 45.4 Å². The lowest BCUT2D eigenvalue weighted by Gasteiger charge is -2.25. The molecule has 0 aliphatic carbocycles. The Balaban J connectivity index is 1.60. The highest BCUT2D eigenvalue weighted by atomic mass is 16.5. The van der Waals surface area contributed by atoms with Crippen molar-refractivity contribution >= 4 is 0 Å². The van der Waals surface area contributed by atoms with E-state index < -0.39 is 0 Å². The van der Waals surface area contributed by atoms with Gasteiger partial charge in [0.1, 0.15) is 0 Å². The van der Waals surface area contributed by atoms with Gasteiger partial charge in [-0.15, -0.1) is 0 Å². The van der Waals surface area contributed by atoms with Gasteiger partial charge in [-0.1, -0.05) is 49.3 Å². The van der Waals surface area contributed by atoms with Crippen LogP contribution in [0.25, 0.3) is 11.4 Å². The summed E-state index contributed by atoms with van der Waals surface area (Å²) in [7, 11) is 0. The maximum absolute atomic E-state index is 5.41. The van der Waals surface area contributed by atoms with Crippen molar-refractivity contribution in [3.63, 3.8) is 0 Å². The van der Waals surface area contributed by atoms with Gasteiger partial charge in [0.15, 0.2) is 0 Å². The maximum atomic E-state index is 5.41. The van der Waals surface area contributed by atoms with Gasteiger partial charge in [-0.05, 0) is 19.5 Å². The number of rotatable bonds is 6. The van der Waals surface area contributed by atoms with Crippen LogP contribution < -0.4 is 0 Å². The van der Waals surface area contributed by atoms with Crippen LogP contribution in [0, 0.1) is 0 Å². The second-order valence-corrected chi connectivity index (χ2v) is 5.78. The summed E-state index contributed by atoms with van der Waals surface area (Å²) in [5.41, 5.74) is 1.000. The van der Waals surface area contributed by atoms with E-state index in [4.69, 9.17) is 4.52 Å². The third kappa shape index (κ3) is 3.36. The summed E-state index contributed by atoms with van der Waals surface area (Å²) in [6.07, 6.45) is 1.22. The molecule has 2 heterocycles.